The van der Waals surface area contributed by atoms with Crippen LogP contribution in [0.3, 0.4) is 0 Å². The van der Waals surface area contributed by atoms with Gasteiger partial charge in [-0.2, -0.15) is 5.10 Å². The molecule has 0 aliphatic heterocycles. The van der Waals surface area contributed by atoms with Gasteiger partial charge in [-0.1, -0.05) is 48.5 Å². The van der Waals surface area contributed by atoms with E-state index in [9.17, 15) is 9.18 Å². The van der Waals surface area contributed by atoms with E-state index in [2.05, 4.69) is 22.5 Å². The number of unbranched alkanes of at least 4 members (excludes halogenated alkanes) is 2. The van der Waals surface area contributed by atoms with Gasteiger partial charge in [-0.05, 0) is 43.7 Å². The zero-order valence-corrected chi connectivity index (χ0v) is 15.3. The van der Waals surface area contributed by atoms with Gasteiger partial charge in [0.05, 0.1) is 17.7 Å². The first-order valence-electron chi connectivity index (χ1n) is 9.63. The number of nitrogens with one attached hydrogen (secondary N) is 1. The Morgan fingerprint density at radius 1 is 1.04 bits per heavy atom. The maximum atomic E-state index is 13.0. The molecule has 5 heteroatoms. The molecule has 1 amide bonds. The Balaban J connectivity index is 1.57. The number of alkyl halides is 1. The number of benzene rings is 2. The number of hydrogen-bond donors (Lipinski definition) is 1. The molecule has 140 valence electrons. The monoisotopic (exact) mass is 365 g/mol. The Bertz CT molecular complexity index is 931. The number of aromatic nitrogens is 2. The third kappa shape index (κ3) is 3.59. The van der Waals surface area contributed by atoms with Crippen molar-refractivity contribution in [3.63, 3.8) is 0 Å². The highest BCUT2D eigenvalue weighted by Crippen LogP contribution is 2.45. The summed E-state index contributed by atoms with van der Waals surface area (Å²) in [5.41, 5.74) is 2.31. The number of aryl methyl sites for hydroxylation is 1. The second kappa shape index (κ2) is 7.51. The topological polar surface area (TPSA) is 46.9 Å². The van der Waals surface area contributed by atoms with Crippen molar-refractivity contribution in [2.45, 2.75) is 44.2 Å². The van der Waals surface area contributed by atoms with Crippen molar-refractivity contribution in [3.05, 3.63) is 65.9 Å². The van der Waals surface area contributed by atoms with Crippen LogP contribution >= 0.6 is 0 Å². The van der Waals surface area contributed by atoms with Crippen LogP contribution < -0.4 is 5.32 Å². The maximum absolute atomic E-state index is 13.0. The predicted molar refractivity (Wildman–Crippen MR) is 104 cm³/mol. The maximum Gasteiger partial charge on any atom is 0.273 e. The highest BCUT2D eigenvalue weighted by atomic mass is 19.1. The van der Waals surface area contributed by atoms with Gasteiger partial charge in [0.15, 0.2) is 5.69 Å². The molecule has 1 aliphatic rings. The van der Waals surface area contributed by atoms with Gasteiger partial charge in [0, 0.05) is 11.9 Å². The molecule has 4 nitrogen and oxygen atoms in total. The van der Waals surface area contributed by atoms with E-state index in [1.54, 1.807) is 0 Å². The van der Waals surface area contributed by atoms with Gasteiger partial charge >= 0.3 is 0 Å². The molecular formula is C22H24FN3O. The number of halogens is 1. The van der Waals surface area contributed by atoms with Crippen LogP contribution in [-0.2, 0) is 12.1 Å². The summed E-state index contributed by atoms with van der Waals surface area (Å²) in [6.07, 6.45) is 4.15. The molecule has 0 unspecified atom stereocenters. The Morgan fingerprint density at radius 3 is 2.52 bits per heavy atom. The first-order chi connectivity index (χ1) is 13.2. The number of nitrogens with zero attached hydrogens (tertiary/aromatic N) is 2. The molecule has 1 aromatic heterocycles. The number of amides is 1. The zero-order valence-electron chi connectivity index (χ0n) is 15.3. The molecule has 0 saturated heterocycles. The van der Waals surface area contributed by atoms with Crippen molar-refractivity contribution in [3.8, 4) is 0 Å². The number of carbonyl (C=O) groups is 1. The number of fused-ring (bicyclic) bond motifs is 1. The molecule has 1 heterocycles. The van der Waals surface area contributed by atoms with Gasteiger partial charge in [-0.25, -0.2) is 0 Å². The van der Waals surface area contributed by atoms with Crippen molar-refractivity contribution in [1.29, 1.82) is 0 Å². The fraction of sp³-hybridized carbons (Fsp3) is 0.364. The largest absolute Gasteiger partial charge is 0.341 e. The van der Waals surface area contributed by atoms with Gasteiger partial charge in [0.25, 0.3) is 5.91 Å². The lowest BCUT2D eigenvalue weighted by Crippen LogP contribution is -2.35. The van der Waals surface area contributed by atoms with Crippen molar-refractivity contribution in [2.24, 2.45) is 0 Å². The van der Waals surface area contributed by atoms with Gasteiger partial charge in [-0.15, -0.1) is 0 Å². The van der Waals surface area contributed by atoms with Crippen molar-refractivity contribution >= 4 is 16.8 Å². The lowest BCUT2D eigenvalue weighted by molar-refractivity contribution is 0.0926. The van der Waals surface area contributed by atoms with E-state index in [4.69, 9.17) is 0 Å². The van der Waals surface area contributed by atoms with Crippen LogP contribution in [-0.4, -0.2) is 22.4 Å². The van der Waals surface area contributed by atoms with Crippen LogP contribution in [0.15, 0.2) is 54.6 Å². The first-order valence-corrected chi connectivity index (χ1v) is 9.63. The molecule has 1 aliphatic carbocycles. The van der Waals surface area contributed by atoms with Crippen molar-refractivity contribution in [2.75, 3.05) is 6.67 Å². The van der Waals surface area contributed by atoms with Gasteiger partial charge in [0.1, 0.15) is 0 Å². The van der Waals surface area contributed by atoms with Crippen molar-refractivity contribution in [1.82, 2.24) is 15.1 Å². The van der Waals surface area contributed by atoms with E-state index >= 15 is 0 Å². The Morgan fingerprint density at radius 2 is 1.78 bits per heavy atom. The molecule has 0 atom stereocenters. The summed E-state index contributed by atoms with van der Waals surface area (Å²) in [7, 11) is 0. The van der Waals surface area contributed by atoms with E-state index in [0.717, 1.165) is 42.1 Å². The van der Waals surface area contributed by atoms with Gasteiger partial charge < -0.3 is 5.32 Å². The fourth-order valence-corrected chi connectivity index (χ4v) is 3.64. The fourth-order valence-electron chi connectivity index (χ4n) is 3.64. The van der Waals surface area contributed by atoms with Gasteiger partial charge in [0.2, 0.25) is 0 Å². The molecule has 0 bridgehead atoms. The standard InChI is InChI=1S/C22H24FN3O/c23-15-7-2-8-16-26-19-12-6-5-11-18(19)20(25-26)21(27)24-22(13-14-22)17-9-3-1-4-10-17/h1,3-6,9-12H,2,7-8,13-16H2,(H,24,27). The highest BCUT2D eigenvalue weighted by Gasteiger charge is 2.46. The smallest absolute Gasteiger partial charge is 0.273 e. The number of hydrogen-bond acceptors (Lipinski definition) is 2. The van der Waals surface area contributed by atoms with E-state index in [1.807, 2.05) is 47.1 Å². The average Bonchev–Trinajstić information content (AvgIpc) is 3.39. The van der Waals surface area contributed by atoms with E-state index in [0.29, 0.717) is 18.7 Å². The summed E-state index contributed by atoms with van der Waals surface area (Å²) in [4.78, 5) is 13.0. The zero-order chi connectivity index (χ0) is 18.7. The summed E-state index contributed by atoms with van der Waals surface area (Å²) < 4.78 is 14.2. The number of rotatable bonds is 8. The van der Waals surface area contributed by atoms with Crippen LogP contribution in [0.25, 0.3) is 10.9 Å². The molecule has 0 spiro atoms. The molecule has 1 fully saturated rings. The van der Waals surface area contributed by atoms with Gasteiger partial charge in [-0.3, -0.25) is 13.9 Å². The molecule has 27 heavy (non-hydrogen) atoms. The third-order valence-corrected chi connectivity index (χ3v) is 5.31. The molecule has 2 aromatic carbocycles. The minimum Gasteiger partial charge on any atom is -0.341 e. The predicted octanol–water partition coefficient (Wildman–Crippen LogP) is 4.60. The second-order valence-electron chi connectivity index (χ2n) is 7.24. The van der Waals surface area contributed by atoms with Crippen molar-refractivity contribution < 1.29 is 9.18 Å². The molecular weight excluding hydrogens is 341 g/mol. The second-order valence-corrected chi connectivity index (χ2v) is 7.24. The highest BCUT2D eigenvalue weighted by molar-refractivity contribution is 6.05. The molecule has 3 aromatic rings. The SMILES string of the molecule is O=C(NC1(c2ccccc2)CC1)c1nn(CCCCCF)c2ccccc12. The van der Waals surface area contributed by atoms with Crippen LogP contribution in [0.1, 0.15) is 48.2 Å². The quantitative estimate of drug-likeness (QED) is 0.593. The van der Waals surface area contributed by atoms with E-state index in [-0.39, 0.29) is 18.1 Å². The van der Waals surface area contributed by atoms with E-state index < -0.39 is 0 Å². The van der Waals surface area contributed by atoms with Crippen LogP contribution in [0, 0.1) is 0 Å². The molecule has 1 saturated carbocycles. The summed E-state index contributed by atoms with van der Waals surface area (Å²) in [5, 5.41) is 8.69. The molecule has 1 N–H and O–H groups in total. The number of carbonyl (C=O) groups excluding carboxylic acids is 1. The summed E-state index contributed by atoms with van der Waals surface area (Å²) in [5.74, 6) is -0.130. The first kappa shape index (κ1) is 17.7. The van der Waals surface area contributed by atoms with Crippen LogP contribution in [0.4, 0.5) is 4.39 Å². The van der Waals surface area contributed by atoms with Crippen LogP contribution in [0.5, 0.6) is 0 Å². The molecule has 0 radical (unpaired) electrons. The van der Waals surface area contributed by atoms with E-state index in [1.165, 1.54) is 0 Å². The minimum absolute atomic E-state index is 0.130. The third-order valence-electron chi connectivity index (χ3n) is 5.31. The van der Waals surface area contributed by atoms with Crippen LogP contribution in [0.2, 0.25) is 0 Å². The Labute approximate surface area is 158 Å². The average molecular weight is 365 g/mol. The lowest BCUT2D eigenvalue weighted by atomic mass is 10.0. The summed E-state index contributed by atoms with van der Waals surface area (Å²) in [6.45, 7) is 0.409. The molecule has 4 rings (SSSR count). The normalized spacial score (nSPS) is 15.0. The summed E-state index contributed by atoms with van der Waals surface area (Å²) >= 11 is 0. The Kier molecular flexibility index (Phi) is 4.92. The lowest BCUT2D eigenvalue weighted by Gasteiger charge is -2.17. The Hall–Kier alpha value is -2.69. The summed E-state index contributed by atoms with van der Waals surface area (Å²) in [6, 6.07) is 17.9. The minimum atomic E-state index is -0.283. The number of para-hydroxylation sites is 1.